The molecule has 2 aliphatic heterocycles. The molecule has 198 valence electrons. The number of thiazole rings is 1. The minimum absolute atomic E-state index is 0.0658. The summed E-state index contributed by atoms with van der Waals surface area (Å²) in [7, 11) is 0. The van der Waals surface area contributed by atoms with E-state index in [1.54, 1.807) is 11.3 Å². The smallest absolute Gasteiger partial charge is 0.128 e. The van der Waals surface area contributed by atoms with E-state index in [9.17, 15) is 10.2 Å². The van der Waals surface area contributed by atoms with E-state index in [0.29, 0.717) is 35.4 Å². The average molecular weight is 521 g/mol. The van der Waals surface area contributed by atoms with Crippen molar-refractivity contribution in [2.24, 2.45) is 10.8 Å². The molecule has 3 heterocycles. The van der Waals surface area contributed by atoms with E-state index in [1.807, 2.05) is 12.1 Å². The average Bonchev–Trinajstić information content (AvgIpc) is 3.48. The molecule has 0 radical (unpaired) electrons. The van der Waals surface area contributed by atoms with Crippen molar-refractivity contribution < 1.29 is 10.2 Å². The Morgan fingerprint density at radius 2 is 1.89 bits per heavy atom. The number of nitrogens with zero attached hydrogens (tertiary/aromatic N) is 2. The Morgan fingerprint density at radius 1 is 1.11 bits per heavy atom. The lowest BCUT2D eigenvalue weighted by molar-refractivity contribution is 0.126. The maximum absolute atomic E-state index is 11.7. The maximum atomic E-state index is 11.7. The molecular formula is C30H40N4O2S. The highest BCUT2D eigenvalue weighted by atomic mass is 32.1. The number of fused-ring (bicyclic) bond motifs is 3. The molecule has 2 aromatic carbocycles. The molecule has 1 aromatic heterocycles. The predicted octanol–water partition coefficient (Wildman–Crippen LogP) is 5.99. The Bertz CT molecular complexity index is 1300. The van der Waals surface area contributed by atoms with Gasteiger partial charge in [0.15, 0.2) is 0 Å². The summed E-state index contributed by atoms with van der Waals surface area (Å²) in [5, 5.41) is 24.1. The fraction of sp³-hybridized carbons (Fsp3) is 0.567. The van der Waals surface area contributed by atoms with E-state index >= 15 is 0 Å². The van der Waals surface area contributed by atoms with Crippen molar-refractivity contribution in [3.8, 4) is 11.5 Å². The maximum Gasteiger partial charge on any atom is 0.128 e. The molecular weight excluding hydrogens is 480 g/mol. The number of aryl methyl sites for hydroxylation is 1. The van der Waals surface area contributed by atoms with Gasteiger partial charge in [-0.15, -0.1) is 11.3 Å². The van der Waals surface area contributed by atoms with E-state index < -0.39 is 0 Å². The standard InChI is InChI=1S/C30H40N4O2S/c1-6-18-11-20(25-24(17(2)32-33-25)28-31-22-9-7-8-10-23(22)37-28)27(36)21(26(18)35)14-34-16-30(5)13-19(34)12-29(3,4)15-30/h7-11,17,19,24-25,32-33,35-36H,6,12-16H2,1-5H3. The number of phenols is 2. The Kier molecular flexibility index (Phi) is 6.07. The van der Waals surface area contributed by atoms with Gasteiger partial charge in [-0.05, 0) is 67.2 Å². The van der Waals surface area contributed by atoms with E-state index in [1.165, 1.54) is 17.5 Å². The molecule has 1 aliphatic carbocycles. The normalized spacial score (nSPS) is 31.4. The number of hydrogen-bond acceptors (Lipinski definition) is 7. The molecule has 4 N–H and O–H groups in total. The van der Waals surface area contributed by atoms with Gasteiger partial charge in [-0.3, -0.25) is 10.3 Å². The molecule has 2 saturated heterocycles. The van der Waals surface area contributed by atoms with Crippen LogP contribution in [0.5, 0.6) is 11.5 Å². The minimum Gasteiger partial charge on any atom is -0.507 e. The molecule has 5 unspecified atom stereocenters. The van der Waals surface area contributed by atoms with Crippen LogP contribution < -0.4 is 10.9 Å². The summed E-state index contributed by atoms with van der Waals surface area (Å²) in [5.74, 6) is 0.543. The lowest BCUT2D eigenvalue weighted by atomic mass is 9.65. The van der Waals surface area contributed by atoms with Crippen LogP contribution in [0.15, 0.2) is 30.3 Å². The number of likely N-dealkylation sites (tertiary alicyclic amines) is 1. The molecule has 0 amide bonds. The van der Waals surface area contributed by atoms with Crippen LogP contribution in [0.4, 0.5) is 0 Å². The third-order valence-electron chi connectivity index (χ3n) is 9.04. The van der Waals surface area contributed by atoms with Crippen LogP contribution in [0.2, 0.25) is 0 Å². The van der Waals surface area contributed by atoms with Crippen molar-refractivity contribution in [3.05, 3.63) is 52.0 Å². The number of hydrazine groups is 1. The Balaban J connectivity index is 1.38. The van der Waals surface area contributed by atoms with E-state index in [2.05, 4.69) is 68.6 Å². The molecule has 6 nitrogen and oxygen atoms in total. The van der Waals surface area contributed by atoms with Gasteiger partial charge in [0.25, 0.3) is 0 Å². The van der Waals surface area contributed by atoms with Crippen molar-refractivity contribution in [3.63, 3.8) is 0 Å². The van der Waals surface area contributed by atoms with Crippen LogP contribution in [-0.4, -0.2) is 38.7 Å². The van der Waals surface area contributed by atoms with E-state index in [0.717, 1.165) is 34.6 Å². The predicted molar refractivity (Wildman–Crippen MR) is 150 cm³/mol. The zero-order valence-corrected chi connectivity index (χ0v) is 23.5. The molecule has 1 saturated carbocycles. The number of benzene rings is 2. The molecule has 3 fully saturated rings. The molecule has 3 aliphatic rings. The number of phenolic OH excluding ortho intramolecular Hbond substituents is 2. The number of hydrogen-bond donors (Lipinski definition) is 4. The molecule has 2 bridgehead atoms. The van der Waals surface area contributed by atoms with Gasteiger partial charge in [-0.1, -0.05) is 39.8 Å². The second-order valence-corrected chi connectivity index (χ2v) is 13.9. The van der Waals surface area contributed by atoms with Crippen molar-refractivity contribution in [2.75, 3.05) is 6.54 Å². The molecule has 37 heavy (non-hydrogen) atoms. The number of rotatable bonds is 5. The lowest BCUT2D eigenvalue weighted by Crippen LogP contribution is -2.34. The van der Waals surface area contributed by atoms with Crippen LogP contribution in [0.3, 0.4) is 0 Å². The quantitative estimate of drug-likeness (QED) is 0.331. The SMILES string of the molecule is CCc1cc(C2NNC(C)C2c2nc3ccccc3s2)c(O)c(CN2CC3(C)CC2CC(C)(C)C3)c1O. The third-order valence-corrected chi connectivity index (χ3v) is 10.2. The van der Waals surface area contributed by atoms with Gasteiger partial charge in [-0.2, -0.15) is 0 Å². The number of para-hydroxylation sites is 1. The zero-order chi connectivity index (χ0) is 26.1. The second-order valence-electron chi connectivity index (χ2n) is 12.9. The highest BCUT2D eigenvalue weighted by Gasteiger charge is 2.50. The number of aromatic nitrogens is 1. The number of aromatic hydroxyl groups is 2. The van der Waals surface area contributed by atoms with Crippen LogP contribution >= 0.6 is 11.3 Å². The summed E-state index contributed by atoms with van der Waals surface area (Å²) in [6.07, 6.45) is 4.30. The van der Waals surface area contributed by atoms with Crippen LogP contribution in [-0.2, 0) is 13.0 Å². The Hall–Kier alpha value is -2.19. The van der Waals surface area contributed by atoms with Gasteiger partial charge in [0.2, 0.25) is 0 Å². The number of nitrogens with one attached hydrogen (secondary N) is 2. The van der Waals surface area contributed by atoms with E-state index in [-0.39, 0.29) is 29.5 Å². The van der Waals surface area contributed by atoms with Gasteiger partial charge < -0.3 is 10.2 Å². The first-order valence-corrected chi connectivity index (χ1v) is 14.6. The summed E-state index contributed by atoms with van der Waals surface area (Å²) in [6, 6.07) is 10.7. The monoisotopic (exact) mass is 520 g/mol. The zero-order valence-electron chi connectivity index (χ0n) is 22.6. The summed E-state index contributed by atoms with van der Waals surface area (Å²) in [4.78, 5) is 7.49. The third kappa shape index (κ3) is 4.34. The summed E-state index contributed by atoms with van der Waals surface area (Å²) < 4.78 is 1.18. The van der Waals surface area contributed by atoms with Gasteiger partial charge in [-0.25, -0.2) is 10.4 Å². The van der Waals surface area contributed by atoms with Crippen LogP contribution in [0.1, 0.15) is 87.5 Å². The summed E-state index contributed by atoms with van der Waals surface area (Å²) >= 11 is 1.73. The van der Waals surface area contributed by atoms with Gasteiger partial charge in [0.1, 0.15) is 16.5 Å². The first-order valence-electron chi connectivity index (χ1n) is 13.7. The topological polar surface area (TPSA) is 80.7 Å². The van der Waals surface area contributed by atoms with Crippen molar-refractivity contribution >= 4 is 21.6 Å². The van der Waals surface area contributed by atoms with E-state index in [4.69, 9.17) is 4.98 Å². The lowest BCUT2D eigenvalue weighted by Gasteiger charge is -2.40. The minimum atomic E-state index is -0.144. The summed E-state index contributed by atoms with van der Waals surface area (Å²) in [6.45, 7) is 13.0. The molecule has 0 spiro atoms. The van der Waals surface area contributed by atoms with Crippen LogP contribution in [0, 0.1) is 10.8 Å². The van der Waals surface area contributed by atoms with Crippen molar-refractivity contribution in [1.29, 1.82) is 0 Å². The van der Waals surface area contributed by atoms with Gasteiger partial charge in [0.05, 0.1) is 21.8 Å². The van der Waals surface area contributed by atoms with Gasteiger partial charge in [0, 0.05) is 36.7 Å². The highest BCUT2D eigenvalue weighted by molar-refractivity contribution is 7.18. The molecule has 3 aromatic rings. The summed E-state index contributed by atoms with van der Waals surface area (Å²) in [5.41, 5.74) is 10.9. The Labute approximate surface area is 224 Å². The van der Waals surface area contributed by atoms with Gasteiger partial charge >= 0.3 is 0 Å². The van der Waals surface area contributed by atoms with Crippen LogP contribution in [0.25, 0.3) is 10.2 Å². The second kappa shape index (κ2) is 8.94. The highest BCUT2D eigenvalue weighted by Crippen LogP contribution is 2.54. The van der Waals surface area contributed by atoms with Crippen molar-refractivity contribution in [2.45, 2.75) is 90.9 Å². The molecule has 6 rings (SSSR count). The first-order chi connectivity index (χ1) is 17.6. The molecule has 7 heteroatoms. The fourth-order valence-electron chi connectivity index (χ4n) is 7.78. The fourth-order valence-corrected chi connectivity index (χ4v) is 8.99. The first kappa shape index (κ1) is 25.1. The van der Waals surface area contributed by atoms with Crippen molar-refractivity contribution in [1.82, 2.24) is 20.7 Å². The molecule has 5 atom stereocenters. The Morgan fingerprint density at radius 3 is 2.65 bits per heavy atom. The largest absolute Gasteiger partial charge is 0.507 e.